The molecule has 0 unspecified atom stereocenters. The van der Waals surface area contributed by atoms with Gasteiger partial charge in [-0.2, -0.15) is 10.4 Å². The van der Waals surface area contributed by atoms with E-state index in [2.05, 4.69) is 16.5 Å². The van der Waals surface area contributed by atoms with Crippen LogP contribution in [-0.4, -0.2) is 46.5 Å². The second-order valence-electron chi connectivity index (χ2n) is 9.92. The van der Waals surface area contributed by atoms with Crippen molar-refractivity contribution in [2.45, 2.75) is 26.7 Å². The summed E-state index contributed by atoms with van der Waals surface area (Å²) in [6.07, 6.45) is 5.14. The number of nitrogens with one attached hydrogen (secondary N) is 1. The van der Waals surface area contributed by atoms with E-state index in [0.717, 1.165) is 18.4 Å². The number of aromatic nitrogens is 2. The molecule has 1 saturated carbocycles. The molecule has 9 nitrogen and oxygen atoms in total. The van der Waals surface area contributed by atoms with Crippen LogP contribution in [0.1, 0.15) is 44.9 Å². The van der Waals surface area contributed by atoms with Crippen LogP contribution >= 0.6 is 0 Å². The van der Waals surface area contributed by atoms with Crippen LogP contribution in [0, 0.1) is 36.5 Å². The maximum absolute atomic E-state index is 13.3. The van der Waals surface area contributed by atoms with Crippen LogP contribution in [0.25, 0.3) is 16.5 Å². The maximum Gasteiger partial charge on any atom is 0.255 e. The van der Waals surface area contributed by atoms with Gasteiger partial charge >= 0.3 is 0 Å². The minimum atomic E-state index is -0.202. The van der Waals surface area contributed by atoms with Gasteiger partial charge in [0.1, 0.15) is 22.6 Å². The highest BCUT2D eigenvalue weighted by atomic mass is 16.5. The van der Waals surface area contributed by atoms with Crippen molar-refractivity contribution in [3.63, 3.8) is 0 Å². The highest BCUT2D eigenvalue weighted by molar-refractivity contribution is 6.07. The molecule has 1 saturated heterocycles. The Labute approximate surface area is 207 Å². The molecule has 2 fully saturated rings. The van der Waals surface area contributed by atoms with Gasteiger partial charge < -0.3 is 19.4 Å². The van der Waals surface area contributed by atoms with E-state index in [1.165, 1.54) is 0 Å². The predicted molar refractivity (Wildman–Crippen MR) is 131 cm³/mol. The molecule has 4 heterocycles. The van der Waals surface area contributed by atoms with Crippen LogP contribution in [0.15, 0.2) is 41.1 Å². The first-order chi connectivity index (χ1) is 17.3. The number of ether oxygens (including phenoxy) is 1. The average Bonchev–Trinajstić information content (AvgIpc) is 3.33. The summed E-state index contributed by atoms with van der Waals surface area (Å²) in [5.74, 6) is 1.55. The third-order valence-electron chi connectivity index (χ3n) is 7.52. The van der Waals surface area contributed by atoms with Crippen molar-refractivity contribution in [2.75, 3.05) is 20.1 Å². The molecule has 1 spiro atoms. The Kier molecular flexibility index (Phi) is 4.83. The zero-order chi connectivity index (χ0) is 25.2. The molecular formula is C27H25N5O4. The van der Waals surface area contributed by atoms with Gasteiger partial charge in [-0.25, -0.2) is 4.52 Å². The summed E-state index contributed by atoms with van der Waals surface area (Å²) >= 11 is 0. The molecule has 1 aliphatic carbocycles. The first-order valence-corrected chi connectivity index (χ1v) is 11.9. The molecule has 1 aliphatic heterocycles. The summed E-state index contributed by atoms with van der Waals surface area (Å²) in [7, 11) is 1.59. The second-order valence-corrected chi connectivity index (χ2v) is 9.92. The number of benzene rings is 1. The summed E-state index contributed by atoms with van der Waals surface area (Å²) in [6.45, 7) is 5.06. The first kappa shape index (κ1) is 22.2. The molecule has 1 N–H and O–H groups in total. The summed E-state index contributed by atoms with van der Waals surface area (Å²) in [4.78, 5) is 27.3. The Bertz CT molecular complexity index is 1590. The number of carbonyl (C=O) groups excluding carboxylic acids is 2. The SMILES string of the molecule is CNC(=O)c1c(C)oc2cc(Oc3ccnn4cc(C(=O)N5CC6(CC(C#N)C6)C5)c(C)c34)ccc12. The fourth-order valence-corrected chi connectivity index (χ4v) is 5.73. The number of amides is 2. The van der Waals surface area contributed by atoms with Crippen molar-refractivity contribution in [1.82, 2.24) is 19.8 Å². The largest absolute Gasteiger partial charge is 0.460 e. The van der Waals surface area contributed by atoms with Crippen LogP contribution in [0.3, 0.4) is 0 Å². The van der Waals surface area contributed by atoms with E-state index in [1.54, 1.807) is 55.1 Å². The minimum Gasteiger partial charge on any atom is -0.460 e. The van der Waals surface area contributed by atoms with E-state index >= 15 is 0 Å². The third-order valence-corrected chi connectivity index (χ3v) is 7.52. The van der Waals surface area contributed by atoms with Crippen LogP contribution in [0.2, 0.25) is 0 Å². The molecule has 36 heavy (non-hydrogen) atoms. The monoisotopic (exact) mass is 483 g/mol. The van der Waals surface area contributed by atoms with Crippen LogP contribution in [0.5, 0.6) is 11.5 Å². The molecule has 2 amide bonds. The molecule has 0 atom stereocenters. The van der Waals surface area contributed by atoms with Crippen LogP contribution in [-0.2, 0) is 0 Å². The number of hydrogen-bond acceptors (Lipinski definition) is 6. The molecule has 182 valence electrons. The molecule has 0 radical (unpaired) electrons. The van der Waals surface area contributed by atoms with Crippen molar-refractivity contribution in [1.29, 1.82) is 5.26 Å². The second kappa shape index (κ2) is 7.85. The number of likely N-dealkylation sites (tertiary alicyclic amines) is 1. The van der Waals surface area contributed by atoms with E-state index in [-0.39, 0.29) is 23.1 Å². The van der Waals surface area contributed by atoms with Crippen molar-refractivity contribution < 1.29 is 18.7 Å². The average molecular weight is 484 g/mol. The van der Waals surface area contributed by atoms with Gasteiger partial charge in [0.2, 0.25) is 0 Å². The van der Waals surface area contributed by atoms with Gasteiger partial charge in [-0.3, -0.25) is 9.59 Å². The van der Waals surface area contributed by atoms with Crippen LogP contribution in [0.4, 0.5) is 0 Å². The lowest BCUT2D eigenvalue weighted by Gasteiger charge is -2.57. The summed E-state index contributed by atoms with van der Waals surface area (Å²) < 4.78 is 13.7. The Hall–Kier alpha value is -4.32. The lowest BCUT2D eigenvalue weighted by Crippen LogP contribution is -2.63. The highest BCUT2D eigenvalue weighted by Crippen LogP contribution is 2.52. The van der Waals surface area contributed by atoms with E-state index in [1.807, 2.05) is 11.8 Å². The number of nitriles is 1. The van der Waals surface area contributed by atoms with Gasteiger partial charge in [-0.05, 0) is 44.4 Å². The summed E-state index contributed by atoms with van der Waals surface area (Å²) in [5, 5.41) is 16.8. The predicted octanol–water partition coefficient (Wildman–Crippen LogP) is 4.23. The van der Waals surface area contributed by atoms with E-state index in [9.17, 15) is 9.59 Å². The Morgan fingerprint density at radius 3 is 2.75 bits per heavy atom. The summed E-state index contributed by atoms with van der Waals surface area (Å²) in [6, 6.07) is 9.43. The molecular weight excluding hydrogens is 458 g/mol. The van der Waals surface area contributed by atoms with Gasteiger partial charge in [0.15, 0.2) is 5.75 Å². The van der Waals surface area contributed by atoms with Crippen molar-refractivity contribution in [2.24, 2.45) is 11.3 Å². The molecule has 4 aromatic rings. The molecule has 9 heteroatoms. The highest BCUT2D eigenvalue weighted by Gasteiger charge is 2.54. The quantitative estimate of drug-likeness (QED) is 0.465. The number of hydrogen-bond donors (Lipinski definition) is 1. The number of nitrogens with zero attached hydrogens (tertiary/aromatic N) is 4. The first-order valence-electron chi connectivity index (χ1n) is 11.9. The van der Waals surface area contributed by atoms with Crippen molar-refractivity contribution in [3.8, 4) is 17.6 Å². The van der Waals surface area contributed by atoms with Crippen molar-refractivity contribution >= 4 is 28.3 Å². The van der Waals surface area contributed by atoms with Gasteiger partial charge in [-0.1, -0.05) is 0 Å². The minimum absolute atomic E-state index is 0.0239. The summed E-state index contributed by atoms with van der Waals surface area (Å²) in [5.41, 5.74) is 3.30. The zero-order valence-corrected chi connectivity index (χ0v) is 20.3. The molecule has 6 rings (SSSR count). The Balaban J connectivity index is 1.28. The third kappa shape index (κ3) is 3.25. The number of carbonyl (C=O) groups is 2. The molecule has 1 aromatic carbocycles. The van der Waals surface area contributed by atoms with Gasteiger partial charge in [0.05, 0.1) is 23.4 Å². The normalized spacial score (nSPS) is 16.6. The topological polar surface area (TPSA) is 113 Å². The standard InChI is InChI=1S/C27H25N5O4/c1-15-20(26(34)31-13-27(14-31)9-17(10-27)11-28)12-32-24(15)21(6-7-30-32)36-18-4-5-19-22(8-18)35-16(2)23(19)25(33)29-3/h4-8,12,17H,9-10,13-14H2,1-3H3,(H,29,33). The number of rotatable bonds is 4. The fourth-order valence-electron chi connectivity index (χ4n) is 5.73. The van der Waals surface area contributed by atoms with Crippen LogP contribution < -0.4 is 10.1 Å². The van der Waals surface area contributed by atoms with E-state index < -0.39 is 0 Å². The number of furan rings is 1. The Morgan fingerprint density at radius 1 is 1.25 bits per heavy atom. The van der Waals surface area contributed by atoms with E-state index in [0.29, 0.717) is 58.0 Å². The maximum atomic E-state index is 13.3. The van der Waals surface area contributed by atoms with Gasteiger partial charge in [-0.15, -0.1) is 0 Å². The van der Waals surface area contributed by atoms with E-state index in [4.69, 9.17) is 14.4 Å². The number of aryl methyl sites for hydroxylation is 2. The van der Waals surface area contributed by atoms with Gasteiger partial charge in [0.25, 0.3) is 11.8 Å². The zero-order valence-electron chi connectivity index (χ0n) is 20.3. The fraction of sp³-hybridized carbons (Fsp3) is 0.333. The lowest BCUT2D eigenvalue weighted by atomic mass is 9.58. The number of fused-ring (bicyclic) bond motifs is 2. The molecule has 2 aliphatic rings. The lowest BCUT2D eigenvalue weighted by molar-refractivity contribution is -0.0618. The smallest absolute Gasteiger partial charge is 0.255 e. The van der Waals surface area contributed by atoms with Crippen molar-refractivity contribution in [3.05, 3.63) is 59.1 Å². The molecule has 3 aromatic heterocycles. The molecule has 0 bridgehead atoms. The van der Waals surface area contributed by atoms with Gasteiger partial charge in [0, 0.05) is 55.2 Å². The Morgan fingerprint density at radius 2 is 2.03 bits per heavy atom.